The molecule has 32 heavy (non-hydrogen) atoms. The summed E-state index contributed by atoms with van der Waals surface area (Å²) in [5, 5.41) is 15.0. The predicted molar refractivity (Wildman–Crippen MR) is 119 cm³/mol. The Morgan fingerprint density at radius 1 is 1.03 bits per heavy atom. The fourth-order valence-electron chi connectivity index (χ4n) is 3.18. The molecule has 3 heterocycles. The molecule has 4 aromatic rings. The molecule has 0 aliphatic carbocycles. The van der Waals surface area contributed by atoms with Gasteiger partial charge in [-0.1, -0.05) is 19.9 Å². The molecule has 1 N–H and O–H groups in total. The monoisotopic (exact) mass is 428 g/mol. The van der Waals surface area contributed by atoms with Gasteiger partial charge in [0, 0.05) is 47.7 Å². The summed E-state index contributed by atoms with van der Waals surface area (Å²) >= 11 is 0. The van der Waals surface area contributed by atoms with Crippen LogP contribution in [0.25, 0.3) is 16.9 Å². The van der Waals surface area contributed by atoms with E-state index in [9.17, 15) is 4.79 Å². The molecule has 0 aliphatic rings. The van der Waals surface area contributed by atoms with Crippen LogP contribution in [0.2, 0.25) is 0 Å². The van der Waals surface area contributed by atoms with E-state index in [1.165, 1.54) is 0 Å². The first-order valence-corrected chi connectivity index (χ1v) is 10.3. The molecule has 162 valence electrons. The number of benzene rings is 1. The summed E-state index contributed by atoms with van der Waals surface area (Å²) < 4.78 is 1.66. The van der Waals surface area contributed by atoms with Gasteiger partial charge in [0.05, 0.1) is 11.4 Å². The molecule has 0 saturated heterocycles. The smallest absolute Gasteiger partial charge is 0.251 e. The molecule has 0 atom stereocenters. The summed E-state index contributed by atoms with van der Waals surface area (Å²) in [5.74, 6) is 1.29. The van der Waals surface area contributed by atoms with Crippen molar-refractivity contribution >= 4 is 5.91 Å². The van der Waals surface area contributed by atoms with E-state index in [0.29, 0.717) is 29.4 Å². The summed E-state index contributed by atoms with van der Waals surface area (Å²) in [5.41, 5.74) is 4.63. The number of hydrogen-bond donors (Lipinski definition) is 1. The fraction of sp³-hybridized carbons (Fsp3) is 0.261. The first-order chi connectivity index (χ1) is 15.4. The van der Waals surface area contributed by atoms with Crippen molar-refractivity contribution in [2.24, 2.45) is 0 Å². The Balaban J connectivity index is 1.71. The number of aromatic nitrogens is 7. The highest BCUT2D eigenvalue weighted by Gasteiger charge is 2.16. The van der Waals surface area contributed by atoms with E-state index >= 15 is 0 Å². The van der Waals surface area contributed by atoms with Crippen LogP contribution >= 0.6 is 0 Å². The molecule has 9 heteroatoms. The van der Waals surface area contributed by atoms with Gasteiger partial charge in [0.25, 0.3) is 5.91 Å². The first-order valence-electron chi connectivity index (χ1n) is 10.3. The molecule has 9 nitrogen and oxygen atoms in total. The second kappa shape index (κ2) is 9.01. The third-order valence-corrected chi connectivity index (χ3v) is 4.93. The maximum absolute atomic E-state index is 13.0. The van der Waals surface area contributed by atoms with Crippen LogP contribution in [0.15, 0.2) is 48.9 Å². The third-order valence-electron chi connectivity index (χ3n) is 4.93. The molecule has 1 amide bonds. The van der Waals surface area contributed by atoms with Crippen molar-refractivity contribution in [2.75, 3.05) is 0 Å². The highest BCUT2D eigenvalue weighted by molar-refractivity contribution is 5.96. The standard InChI is InChI=1S/C23H24N8O/c1-14(2)22-28-29-30-31(22)20-8-18(21-6-5-15(3)10-26-21)7-19(9-20)23(32)27-13-17-11-24-16(4)25-12-17/h5-12,14H,13H2,1-4H3,(H,27,32). The van der Waals surface area contributed by atoms with Gasteiger partial charge < -0.3 is 5.32 Å². The van der Waals surface area contributed by atoms with Crippen LogP contribution in [0.4, 0.5) is 0 Å². The van der Waals surface area contributed by atoms with E-state index < -0.39 is 0 Å². The summed E-state index contributed by atoms with van der Waals surface area (Å²) in [7, 11) is 0. The number of amides is 1. The van der Waals surface area contributed by atoms with E-state index in [1.54, 1.807) is 29.3 Å². The minimum atomic E-state index is -0.222. The Morgan fingerprint density at radius 3 is 2.50 bits per heavy atom. The number of pyridine rings is 1. The number of hydrogen-bond acceptors (Lipinski definition) is 7. The molecule has 0 aliphatic heterocycles. The maximum atomic E-state index is 13.0. The third kappa shape index (κ3) is 4.66. The van der Waals surface area contributed by atoms with Crippen molar-refractivity contribution in [2.45, 2.75) is 40.2 Å². The van der Waals surface area contributed by atoms with Crippen molar-refractivity contribution in [1.82, 2.24) is 40.5 Å². The van der Waals surface area contributed by atoms with Crippen LogP contribution in [-0.2, 0) is 6.54 Å². The topological polar surface area (TPSA) is 111 Å². The van der Waals surface area contributed by atoms with E-state index in [-0.39, 0.29) is 11.8 Å². The van der Waals surface area contributed by atoms with Crippen molar-refractivity contribution in [3.05, 3.63) is 77.3 Å². The fourth-order valence-corrected chi connectivity index (χ4v) is 3.18. The second-order valence-corrected chi connectivity index (χ2v) is 7.91. The van der Waals surface area contributed by atoms with Crippen molar-refractivity contribution in [1.29, 1.82) is 0 Å². The van der Waals surface area contributed by atoms with Gasteiger partial charge in [0.15, 0.2) is 5.82 Å². The molecule has 0 spiro atoms. The number of carbonyl (C=O) groups excluding carboxylic acids is 1. The van der Waals surface area contributed by atoms with E-state index in [0.717, 1.165) is 22.4 Å². The largest absolute Gasteiger partial charge is 0.348 e. The number of carbonyl (C=O) groups is 1. The van der Waals surface area contributed by atoms with Gasteiger partial charge >= 0.3 is 0 Å². The molecule has 0 fully saturated rings. The normalized spacial score (nSPS) is 11.0. The maximum Gasteiger partial charge on any atom is 0.251 e. The van der Waals surface area contributed by atoms with Crippen molar-refractivity contribution in [3.8, 4) is 16.9 Å². The van der Waals surface area contributed by atoms with Gasteiger partial charge in [-0.15, -0.1) is 5.10 Å². The average Bonchev–Trinajstić information content (AvgIpc) is 3.29. The van der Waals surface area contributed by atoms with Crippen LogP contribution in [0.3, 0.4) is 0 Å². The Morgan fingerprint density at radius 2 is 1.81 bits per heavy atom. The lowest BCUT2D eigenvalue weighted by Gasteiger charge is -2.12. The van der Waals surface area contributed by atoms with Gasteiger partial charge in [-0.25, -0.2) is 9.97 Å². The average molecular weight is 429 g/mol. The van der Waals surface area contributed by atoms with E-state index in [1.807, 2.05) is 52.0 Å². The second-order valence-electron chi connectivity index (χ2n) is 7.91. The van der Waals surface area contributed by atoms with Crippen molar-refractivity contribution < 1.29 is 4.79 Å². The van der Waals surface area contributed by atoms with Crippen LogP contribution in [0, 0.1) is 13.8 Å². The molecule has 0 saturated carbocycles. The summed E-state index contributed by atoms with van der Waals surface area (Å²) in [6, 6.07) is 9.46. The molecule has 0 unspecified atom stereocenters. The molecule has 0 bridgehead atoms. The van der Waals surface area contributed by atoms with Crippen LogP contribution < -0.4 is 5.32 Å². The van der Waals surface area contributed by atoms with E-state index in [2.05, 4.69) is 35.8 Å². The van der Waals surface area contributed by atoms with Gasteiger partial charge in [-0.3, -0.25) is 9.78 Å². The van der Waals surface area contributed by atoms with Crippen molar-refractivity contribution in [3.63, 3.8) is 0 Å². The van der Waals surface area contributed by atoms with Crippen LogP contribution in [-0.4, -0.2) is 41.1 Å². The van der Waals surface area contributed by atoms with Gasteiger partial charge in [0.1, 0.15) is 5.82 Å². The Bertz CT molecular complexity index is 1230. The molecule has 1 aromatic carbocycles. The zero-order valence-electron chi connectivity index (χ0n) is 18.4. The summed E-state index contributed by atoms with van der Waals surface area (Å²) in [4.78, 5) is 25.9. The zero-order valence-corrected chi connectivity index (χ0v) is 18.4. The van der Waals surface area contributed by atoms with Gasteiger partial charge in [-0.2, -0.15) is 4.68 Å². The zero-order chi connectivity index (χ0) is 22.7. The van der Waals surface area contributed by atoms with Crippen LogP contribution in [0.5, 0.6) is 0 Å². The number of nitrogens with one attached hydrogen (secondary N) is 1. The molecule has 3 aromatic heterocycles. The van der Waals surface area contributed by atoms with Gasteiger partial charge in [-0.05, 0) is 54.1 Å². The highest BCUT2D eigenvalue weighted by Crippen LogP contribution is 2.25. The quantitative estimate of drug-likeness (QED) is 0.502. The molecule has 0 radical (unpaired) electrons. The highest BCUT2D eigenvalue weighted by atomic mass is 16.1. The Labute approximate surface area is 186 Å². The number of nitrogens with zero attached hydrogens (tertiary/aromatic N) is 7. The summed E-state index contributed by atoms with van der Waals surface area (Å²) in [6.45, 7) is 8.16. The lowest BCUT2D eigenvalue weighted by Crippen LogP contribution is -2.23. The number of aryl methyl sites for hydroxylation is 2. The lowest BCUT2D eigenvalue weighted by molar-refractivity contribution is 0.0951. The minimum absolute atomic E-state index is 0.116. The van der Waals surface area contributed by atoms with E-state index in [4.69, 9.17) is 0 Å². The van der Waals surface area contributed by atoms with Crippen LogP contribution in [0.1, 0.15) is 52.9 Å². The Kier molecular flexibility index (Phi) is 5.98. The minimum Gasteiger partial charge on any atom is -0.348 e. The lowest BCUT2D eigenvalue weighted by atomic mass is 10.0. The van der Waals surface area contributed by atoms with Gasteiger partial charge in [0.2, 0.25) is 0 Å². The predicted octanol–water partition coefficient (Wildman–Crippen LogP) is 3.18. The SMILES string of the molecule is Cc1ccc(-c2cc(C(=O)NCc3cnc(C)nc3)cc(-n3nnnc3C(C)C)c2)nc1. The first kappa shape index (κ1) is 21.2. The number of rotatable bonds is 6. The Hall–Kier alpha value is -4.01. The molecule has 4 rings (SSSR count). The summed E-state index contributed by atoms with van der Waals surface area (Å²) in [6.07, 6.45) is 5.21. The number of tetrazole rings is 1. The molecular formula is C23H24N8O. The molecular weight excluding hydrogens is 404 g/mol.